The first-order valence-corrected chi connectivity index (χ1v) is 9.52. The summed E-state index contributed by atoms with van der Waals surface area (Å²) in [7, 11) is 0. The second kappa shape index (κ2) is 8.74. The van der Waals surface area contributed by atoms with Gasteiger partial charge in [-0.1, -0.05) is 27.2 Å². The Labute approximate surface area is 133 Å². The molecular formula is C17H29N3S. The third-order valence-electron chi connectivity index (χ3n) is 3.80. The molecule has 0 aliphatic heterocycles. The fourth-order valence-electron chi connectivity index (χ4n) is 2.74. The molecule has 0 amide bonds. The first kappa shape index (κ1) is 16.8. The minimum Gasteiger partial charge on any atom is -0.310 e. The average molecular weight is 308 g/mol. The molecule has 2 rings (SSSR count). The van der Waals surface area contributed by atoms with Gasteiger partial charge in [-0.05, 0) is 43.9 Å². The highest BCUT2D eigenvalue weighted by atomic mass is 32.2. The number of thioether (sulfide) groups is 1. The normalized spacial score (nSPS) is 18.6. The van der Waals surface area contributed by atoms with E-state index in [0.717, 1.165) is 30.5 Å². The van der Waals surface area contributed by atoms with E-state index in [0.29, 0.717) is 6.04 Å². The largest absolute Gasteiger partial charge is 0.310 e. The Morgan fingerprint density at radius 3 is 3.00 bits per heavy atom. The number of hydrogen-bond donors (Lipinski definition) is 1. The molecule has 1 atom stereocenters. The molecule has 0 saturated heterocycles. The van der Waals surface area contributed by atoms with Crippen molar-refractivity contribution < 1.29 is 0 Å². The van der Waals surface area contributed by atoms with Gasteiger partial charge < -0.3 is 5.32 Å². The molecule has 0 aromatic carbocycles. The van der Waals surface area contributed by atoms with Crippen molar-refractivity contribution >= 4 is 11.8 Å². The van der Waals surface area contributed by atoms with Crippen LogP contribution < -0.4 is 5.32 Å². The Morgan fingerprint density at radius 2 is 2.24 bits per heavy atom. The maximum absolute atomic E-state index is 4.86. The minimum absolute atomic E-state index is 0.458. The van der Waals surface area contributed by atoms with Crippen molar-refractivity contribution in [2.24, 2.45) is 5.92 Å². The number of fused-ring (bicyclic) bond motifs is 1. The molecule has 118 valence electrons. The Balaban J connectivity index is 2.04. The van der Waals surface area contributed by atoms with E-state index in [1.54, 1.807) is 0 Å². The molecule has 0 fully saturated rings. The van der Waals surface area contributed by atoms with E-state index in [1.165, 1.54) is 42.7 Å². The molecule has 1 aliphatic carbocycles. The molecule has 4 heteroatoms. The molecule has 1 heterocycles. The summed E-state index contributed by atoms with van der Waals surface area (Å²) in [6.07, 6.45) is 8.15. The van der Waals surface area contributed by atoms with Crippen molar-refractivity contribution in [3.05, 3.63) is 23.3 Å². The first-order valence-electron chi connectivity index (χ1n) is 8.36. The van der Waals surface area contributed by atoms with Gasteiger partial charge in [0, 0.05) is 23.5 Å². The summed E-state index contributed by atoms with van der Waals surface area (Å²) in [6, 6.07) is 0.458. The topological polar surface area (TPSA) is 37.8 Å². The average Bonchev–Trinajstić information content (AvgIpc) is 2.66. The summed E-state index contributed by atoms with van der Waals surface area (Å²) in [6.45, 7) is 7.82. The van der Waals surface area contributed by atoms with Crippen LogP contribution in [-0.2, 0) is 12.2 Å². The van der Waals surface area contributed by atoms with E-state index >= 15 is 0 Å². The number of hydrogen-bond acceptors (Lipinski definition) is 4. The number of nitrogens with one attached hydrogen (secondary N) is 1. The predicted octanol–water partition coefficient (Wildman–Crippen LogP) is 4.13. The summed E-state index contributed by atoms with van der Waals surface area (Å²) in [5.74, 6) is 3.87. The maximum Gasteiger partial charge on any atom is 0.138 e. The van der Waals surface area contributed by atoms with Crippen LogP contribution in [0.25, 0.3) is 0 Å². The van der Waals surface area contributed by atoms with Crippen molar-refractivity contribution in [2.75, 3.05) is 12.3 Å². The van der Waals surface area contributed by atoms with Crippen molar-refractivity contribution in [1.29, 1.82) is 0 Å². The number of aryl methyl sites for hydroxylation is 1. The van der Waals surface area contributed by atoms with E-state index in [4.69, 9.17) is 4.98 Å². The van der Waals surface area contributed by atoms with Crippen molar-refractivity contribution in [3.63, 3.8) is 0 Å². The van der Waals surface area contributed by atoms with Gasteiger partial charge in [0.1, 0.15) is 5.82 Å². The van der Waals surface area contributed by atoms with Crippen molar-refractivity contribution in [1.82, 2.24) is 15.3 Å². The SMILES string of the molecule is CCCNC1CCCCc2nc(CSCC(C)C)ncc21. The predicted molar refractivity (Wildman–Crippen MR) is 91.6 cm³/mol. The molecule has 0 spiro atoms. The fourth-order valence-corrected chi connectivity index (χ4v) is 3.65. The summed E-state index contributed by atoms with van der Waals surface area (Å²) in [4.78, 5) is 9.47. The van der Waals surface area contributed by atoms with Gasteiger partial charge in [0.05, 0.1) is 5.75 Å². The van der Waals surface area contributed by atoms with Gasteiger partial charge >= 0.3 is 0 Å². The molecule has 0 radical (unpaired) electrons. The lowest BCUT2D eigenvalue weighted by Gasteiger charge is -2.18. The minimum atomic E-state index is 0.458. The van der Waals surface area contributed by atoms with Gasteiger partial charge in [-0.15, -0.1) is 0 Å². The zero-order valence-electron chi connectivity index (χ0n) is 13.7. The van der Waals surface area contributed by atoms with Crippen molar-refractivity contribution in [3.8, 4) is 0 Å². The van der Waals surface area contributed by atoms with E-state index in [2.05, 4.69) is 37.3 Å². The lowest BCUT2D eigenvalue weighted by Crippen LogP contribution is -2.23. The second-order valence-corrected chi connectivity index (χ2v) is 7.38. The van der Waals surface area contributed by atoms with Gasteiger partial charge in [0.25, 0.3) is 0 Å². The molecule has 1 N–H and O–H groups in total. The van der Waals surface area contributed by atoms with Crippen LogP contribution in [-0.4, -0.2) is 22.3 Å². The number of aromatic nitrogens is 2. The highest BCUT2D eigenvalue weighted by Crippen LogP contribution is 2.27. The molecule has 0 bridgehead atoms. The zero-order valence-corrected chi connectivity index (χ0v) is 14.5. The van der Waals surface area contributed by atoms with Crippen molar-refractivity contribution in [2.45, 2.75) is 64.7 Å². The molecular weight excluding hydrogens is 278 g/mol. The summed E-state index contributed by atoms with van der Waals surface area (Å²) in [5, 5.41) is 3.66. The van der Waals surface area contributed by atoms with Crippen LogP contribution >= 0.6 is 11.8 Å². The summed E-state index contributed by atoms with van der Waals surface area (Å²) < 4.78 is 0. The quantitative estimate of drug-likeness (QED) is 0.769. The van der Waals surface area contributed by atoms with Crippen LogP contribution in [0.3, 0.4) is 0 Å². The Hall–Kier alpha value is -0.610. The van der Waals surface area contributed by atoms with Gasteiger partial charge in [0.2, 0.25) is 0 Å². The van der Waals surface area contributed by atoms with Crippen LogP contribution in [0.5, 0.6) is 0 Å². The highest BCUT2D eigenvalue weighted by molar-refractivity contribution is 7.98. The molecule has 1 unspecified atom stereocenters. The molecule has 0 saturated carbocycles. The Morgan fingerprint density at radius 1 is 1.38 bits per heavy atom. The van der Waals surface area contributed by atoms with Gasteiger partial charge in [-0.25, -0.2) is 9.97 Å². The molecule has 3 nitrogen and oxygen atoms in total. The van der Waals surface area contributed by atoms with Crippen LogP contribution in [0.15, 0.2) is 6.20 Å². The number of nitrogens with zero attached hydrogens (tertiary/aromatic N) is 2. The molecule has 1 aromatic rings. The van der Waals surface area contributed by atoms with E-state index in [9.17, 15) is 0 Å². The third kappa shape index (κ3) is 5.26. The standard InChI is InChI=1S/C17H29N3S/c1-4-9-18-15-7-5-6-8-16-14(15)10-19-17(20-16)12-21-11-13(2)3/h10,13,15,18H,4-9,11-12H2,1-3H3. The lowest BCUT2D eigenvalue weighted by atomic mass is 10.0. The smallest absolute Gasteiger partial charge is 0.138 e. The monoisotopic (exact) mass is 307 g/mol. The fraction of sp³-hybridized carbons (Fsp3) is 0.765. The first-order chi connectivity index (χ1) is 10.2. The second-order valence-electron chi connectivity index (χ2n) is 6.35. The Bertz CT molecular complexity index is 434. The van der Waals surface area contributed by atoms with Crippen LogP contribution in [0.4, 0.5) is 0 Å². The van der Waals surface area contributed by atoms with Crippen LogP contribution in [0, 0.1) is 5.92 Å². The van der Waals surface area contributed by atoms with E-state index in [1.807, 2.05) is 11.8 Å². The third-order valence-corrected chi connectivity index (χ3v) is 5.17. The molecule has 1 aromatic heterocycles. The molecule has 1 aliphatic rings. The lowest BCUT2D eigenvalue weighted by molar-refractivity contribution is 0.488. The van der Waals surface area contributed by atoms with Gasteiger partial charge in [-0.2, -0.15) is 11.8 Å². The van der Waals surface area contributed by atoms with Crippen LogP contribution in [0.1, 0.15) is 69.6 Å². The van der Waals surface area contributed by atoms with E-state index < -0.39 is 0 Å². The Kier molecular flexibility index (Phi) is 6.97. The van der Waals surface area contributed by atoms with E-state index in [-0.39, 0.29) is 0 Å². The highest BCUT2D eigenvalue weighted by Gasteiger charge is 2.20. The molecule has 21 heavy (non-hydrogen) atoms. The summed E-state index contributed by atoms with van der Waals surface area (Å²) >= 11 is 1.94. The van der Waals surface area contributed by atoms with Crippen LogP contribution in [0.2, 0.25) is 0 Å². The zero-order chi connectivity index (χ0) is 15.1. The summed E-state index contributed by atoms with van der Waals surface area (Å²) in [5.41, 5.74) is 2.63. The van der Waals surface area contributed by atoms with Gasteiger partial charge in [0.15, 0.2) is 0 Å². The maximum atomic E-state index is 4.86. The van der Waals surface area contributed by atoms with Gasteiger partial charge in [-0.3, -0.25) is 0 Å². The number of rotatable bonds is 7.